The molecule has 3 heteroatoms. The average Bonchev–Trinajstić information content (AvgIpc) is 2.77. The van der Waals surface area contributed by atoms with Crippen LogP contribution in [0.25, 0.3) is 0 Å². The topological polar surface area (TPSA) is 57.5 Å². The molecule has 4 fully saturated rings. The molecule has 4 aliphatic carbocycles. The highest BCUT2D eigenvalue weighted by Crippen LogP contribution is 2.68. The van der Waals surface area contributed by atoms with Crippen molar-refractivity contribution in [2.45, 2.75) is 77.7 Å². The van der Waals surface area contributed by atoms with Crippen LogP contribution in [0.4, 0.5) is 0 Å². The number of carbonyl (C=O) groups is 1. The van der Waals surface area contributed by atoms with Gasteiger partial charge in [-0.25, -0.2) is 0 Å². The molecule has 0 bridgehead atoms. The van der Waals surface area contributed by atoms with Crippen LogP contribution in [0, 0.1) is 34.5 Å². The van der Waals surface area contributed by atoms with Gasteiger partial charge in [0.05, 0.1) is 11.9 Å². The summed E-state index contributed by atoms with van der Waals surface area (Å²) in [5.41, 5.74) is 0.304. The Balaban J connectivity index is 1.67. The van der Waals surface area contributed by atoms with Gasteiger partial charge >= 0.3 is 0 Å². The Hall–Kier alpha value is -0.830. The van der Waals surface area contributed by atoms with Crippen molar-refractivity contribution in [3.8, 4) is 0 Å². The summed E-state index contributed by atoms with van der Waals surface area (Å²) in [6, 6.07) is 0. The molecule has 4 rings (SSSR count). The molecule has 0 aliphatic heterocycles. The Morgan fingerprint density at radius 2 is 1.75 bits per heavy atom. The third-order valence-electron chi connectivity index (χ3n) is 9.14. The summed E-state index contributed by atoms with van der Waals surface area (Å²) in [6.07, 6.45) is 9.11. The van der Waals surface area contributed by atoms with Crippen LogP contribution in [0.3, 0.4) is 0 Å². The van der Waals surface area contributed by atoms with E-state index >= 15 is 0 Å². The maximum Gasteiger partial charge on any atom is 0.162 e. The predicted octanol–water partition coefficient (Wildman–Crippen LogP) is 4.40. The highest BCUT2D eigenvalue weighted by molar-refractivity contribution is 5.96. The number of allylic oxidation sites excluding steroid dienone is 1. The van der Waals surface area contributed by atoms with Crippen molar-refractivity contribution >= 4 is 5.78 Å². The predicted molar refractivity (Wildman–Crippen MR) is 93.5 cm³/mol. The van der Waals surface area contributed by atoms with E-state index in [1.54, 1.807) is 0 Å². The van der Waals surface area contributed by atoms with Crippen molar-refractivity contribution in [2.75, 3.05) is 0 Å². The smallest absolute Gasteiger partial charge is 0.162 e. The molecule has 3 nitrogen and oxygen atoms in total. The lowest BCUT2D eigenvalue weighted by molar-refractivity contribution is -0.147. The first-order chi connectivity index (χ1) is 11.2. The lowest BCUT2D eigenvalue weighted by Crippen LogP contribution is -2.56. The van der Waals surface area contributed by atoms with Crippen molar-refractivity contribution < 1.29 is 15.0 Å². The van der Waals surface area contributed by atoms with Crippen LogP contribution in [0.1, 0.15) is 72.1 Å². The summed E-state index contributed by atoms with van der Waals surface area (Å²) in [5.74, 6) is 2.55. The summed E-state index contributed by atoms with van der Waals surface area (Å²) >= 11 is 0. The van der Waals surface area contributed by atoms with E-state index in [9.17, 15) is 15.0 Å². The van der Waals surface area contributed by atoms with Crippen LogP contribution in [0.2, 0.25) is 0 Å². The molecule has 134 valence electrons. The monoisotopic (exact) mass is 332 g/mol. The number of hydrogen-bond donors (Lipinski definition) is 2. The second-order valence-corrected chi connectivity index (χ2v) is 9.88. The van der Waals surface area contributed by atoms with Crippen LogP contribution in [0.5, 0.6) is 0 Å². The van der Waals surface area contributed by atoms with E-state index in [1.807, 2.05) is 6.92 Å². The first-order valence-electron chi connectivity index (χ1n) is 9.82. The minimum Gasteiger partial charge on any atom is -0.515 e. The largest absolute Gasteiger partial charge is 0.515 e. The third-order valence-corrected chi connectivity index (χ3v) is 9.14. The number of Topliss-reactive ketones (excluding diaryl/α,β-unsaturated/α-hetero) is 1. The molecule has 0 heterocycles. The Labute approximate surface area is 145 Å². The molecule has 24 heavy (non-hydrogen) atoms. The summed E-state index contributed by atoms with van der Waals surface area (Å²) in [5, 5.41) is 20.5. The zero-order valence-electron chi connectivity index (χ0n) is 15.3. The van der Waals surface area contributed by atoms with Crippen LogP contribution in [-0.2, 0) is 4.79 Å². The number of hydrogen-bond acceptors (Lipinski definition) is 3. The fraction of sp³-hybridized carbons (Fsp3) is 0.857. The molecule has 0 spiro atoms. The number of aliphatic hydroxyl groups is 2. The van der Waals surface area contributed by atoms with Crippen molar-refractivity contribution in [1.29, 1.82) is 0 Å². The molecule has 7 atom stereocenters. The molecule has 2 N–H and O–H groups in total. The summed E-state index contributed by atoms with van der Waals surface area (Å²) in [4.78, 5) is 12.2. The second-order valence-electron chi connectivity index (χ2n) is 9.88. The molecular weight excluding hydrogens is 300 g/mol. The highest BCUT2D eigenvalue weighted by atomic mass is 16.3. The molecular formula is C21H32O3. The van der Waals surface area contributed by atoms with Crippen molar-refractivity contribution in [3.05, 3.63) is 11.8 Å². The van der Waals surface area contributed by atoms with Gasteiger partial charge in [0, 0.05) is 12.0 Å². The zero-order chi connectivity index (χ0) is 17.3. The standard InChI is InChI=1S/C21H32O3/c1-19-11-13(12-22)18(23)10-14(19)4-5-15-16(19)6-8-20(2)17(15)7-9-21(20,3)24/h12,14-17,22,24H,4-11H2,1-3H3/b13-12-/t14-,15-,16+,17+,19+,20+,21-/m1/s1. The molecule has 4 aliphatic rings. The van der Waals surface area contributed by atoms with Gasteiger partial charge in [0.25, 0.3) is 0 Å². The van der Waals surface area contributed by atoms with E-state index in [0.29, 0.717) is 35.7 Å². The van der Waals surface area contributed by atoms with Crippen LogP contribution in [-0.4, -0.2) is 21.6 Å². The number of carbonyl (C=O) groups excluding carboxylic acids is 1. The number of aliphatic hydroxyl groups excluding tert-OH is 1. The fourth-order valence-corrected chi connectivity index (χ4v) is 7.37. The molecule has 4 saturated carbocycles. The van der Waals surface area contributed by atoms with Gasteiger partial charge in [0.1, 0.15) is 0 Å². The maximum atomic E-state index is 12.2. The molecule has 0 unspecified atom stereocenters. The van der Waals surface area contributed by atoms with Gasteiger partial charge in [0.2, 0.25) is 0 Å². The molecule has 0 aromatic rings. The molecule has 0 aromatic carbocycles. The van der Waals surface area contributed by atoms with E-state index in [1.165, 1.54) is 6.42 Å². The highest BCUT2D eigenvalue weighted by Gasteiger charge is 2.63. The average molecular weight is 332 g/mol. The second kappa shape index (κ2) is 5.09. The van der Waals surface area contributed by atoms with Crippen molar-refractivity contribution in [2.24, 2.45) is 34.5 Å². The Morgan fingerprint density at radius 3 is 2.46 bits per heavy atom. The lowest BCUT2D eigenvalue weighted by Gasteiger charge is -2.61. The zero-order valence-corrected chi connectivity index (χ0v) is 15.3. The number of rotatable bonds is 0. The maximum absolute atomic E-state index is 12.2. The van der Waals surface area contributed by atoms with E-state index < -0.39 is 5.60 Å². The van der Waals surface area contributed by atoms with Gasteiger partial charge in [0.15, 0.2) is 5.78 Å². The number of ketones is 1. The fourth-order valence-electron chi connectivity index (χ4n) is 7.37. The van der Waals surface area contributed by atoms with Crippen LogP contribution in [0.15, 0.2) is 11.8 Å². The molecule has 0 radical (unpaired) electrons. The first-order valence-corrected chi connectivity index (χ1v) is 9.82. The molecule has 0 saturated heterocycles. The van der Waals surface area contributed by atoms with E-state index in [-0.39, 0.29) is 16.6 Å². The van der Waals surface area contributed by atoms with Gasteiger partial charge in [-0.05, 0) is 86.4 Å². The summed E-state index contributed by atoms with van der Waals surface area (Å²) in [7, 11) is 0. The van der Waals surface area contributed by atoms with Gasteiger partial charge in [-0.3, -0.25) is 4.79 Å². The summed E-state index contributed by atoms with van der Waals surface area (Å²) < 4.78 is 0. The lowest BCUT2D eigenvalue weighted by atomic mass is 9.44. The minimum absolute atomic E-state index is 0.0531. The van der Waals surface area contributed by atoms with E-state index in [2.05, 4.69) is 13.8 Å². The van der Waals surface area contributed by atoms with Crippen LogP contribution >= 0.6 is 0 Å². The van der Waals surface area contributed by atoms with E-state index in [4.69, 9.17) is 0 Å². The summed E-state index contributed by atoms with van der Waals surface area (Å²) in [6.45, 7) is 6.74. The first kappa shape index (κ1) is 16.6. The van der Waals surface area contributed by atoms with Gasteiger partial charge in [-0.2, -0.15) is 0 Å². The quantitative estimate of drug-likeness (QED) is 0.510. The Bertz CT molecular complexity index is 592. The van der Waals surface area contributed by atoms with Gasteiger partial charge < -0.3 is 10.2 Å². The Morgan fingerprint density at radius 1 is 1.04 bits per heavy atom. The Kier molecular flexibility index (Phi) is 3.53. The minimum atomic E-state index is -0.529. The van der Waals surface area contributed by atoms with Crippen molar-refractivity contribution in [3.63, 3.8) is 0 Å². The SMILES string of the molecule is C[C@]12C/C(=C/O)C(=O)C[C@H]1CC[C@@H]1[C@@H]2CC[C@@]2(C)[C@H]1CC[C@@]2(C)O. The van der Waals surface area contributed by atoms with Crippen molar-refractivity contribution in [1.82, 2.24) is 0 Å². The third kappa shape index (κ3) is 1.97. The van der Waals surface area contributed by atoms with E-state index in [0.717, 1.165) is 44.8 Å². The number of fused-ring (bicyclic) bond motifs is 5. The van der Waals surface area contributed by atoms with Gasteiger partial charge in [-0.15, -0.1) is 0 Å². The van der Waals surface area contributed by atoms with Crippen LogP contribution < -0.4 is 0 Å². The van der Waals surface area contributed by atoms with Gasteiger partial charge in [-0.1, -0.05) is 13.8 Å². The normalized spacial score (nSPS) is 55.8. The molecule has 0 amide bonds. The molecule has 0 aromatic heterocycles.